The Balaban J connectivity index is 1.68. The van der Waals surface area contributed by atoms with Gasteiger partial charge < -0.3 is 25.4 Å². The van der Waals surface area contributed by atoms with Crippen molar-refractivity contribution < 1.29 is 28.7 Å². The number of hydrogen-bond acceptors (Lipinski definition) is 6. The molecule has 0 aliphatic heterocycles. The lowest BCUT2D eigenvalue weighted by atomic mass is 10.2. The van der Waals surface area contributed by atoms with Gasteiger partial charge in [-0.15, -0.1) is 0 Å². The molecular weight excluding hydrogens is 390 g/mol. The summed E-state index contributed by atoms with van der Waals surface area (Å²) in [4.78, 5) is 47.3. The van der Waals surface area contributed by atoms with Crippen LogP contribution in [0, 0.1) is 6.92 Å². The summed E-state index contributed by atoms with van der Waals surface area (Å²) in [6.45, 7) is 0.613. The number of rotatable bonds is 9. The predicted octanol–water partition coefficient (Wildman–Crippen LogP) is 1.03. The van der Waals surface area contributed by atoms with Crippen molar-refractivity contribution in [3.05, 3.63) is 59.7 Å². The molecule has 0 radical (unpaired) electrons. The number of amides is 3. The van der Waals surface area contributed by atoms with Crippen LogP contribution in [0.4, 0.5) is 5.69 Å². The molecule has 2 aromatic rings. The second-order valence-electron chi connectivity index (χ2n) is 6.24. The molecule has 0 fully saturated rings. The monoisotopic (exact) mass is 413 g/mol. The van der Waals surface area contributed by atoms with Gasteiger partial charge in [-0.3, -0.25) is 19.2 Å². The molecule has 158 valence electrons. The topological polar surface area (TPSA) is 123 Å². The number of nitrogens with one attached hydrogen (secondary N) is 3. The Hall–Kier alpha value is -3.88. The Kier molecular flexibility index (Phi) is 8.37. The highest BCUT2D eigenvalue weighted by atomic mass is 16.5. The lowest BCUT2D eigenvalue weighted by Gasteiger charge is -2.11. The Labute approximate surface area is 173 Å². The average Bonchev–Trinajstić information content (AvgIpc) is 2.75. The van der Waals surface area contributed by atoms with E-state index in [1.807, 2.05) is 13.0 Å². The summed E-state index contributed by atoms with van der Waals surface area (Å²) < 4.78 is 9.95. The first-order valence-corrected chi connectivity index (χ1v) is 9.09. The van der Waals surface area contributed by atoms with Crippen molar-refractivity contribution >= 4 is 29.4 Å². The molecular formula is C21H23N3O6. The first kappa shape index (κ1) is 22.4. The van der Waals surface area contributed by atoms with E-state index in [0.29, 0.717) is 17.0 Å². The van der Waals surface area contributed by atoms with Gasteiger partial charge in [0.2, 0.25) is 5.91 Å². The molecule has 0 heterocycles. The molecule has 0 atom stereocenters. The SMILES string of the molecule is COc1ccc(C)cc1NC(=O)CNC(=O)COC(=O)CNC(=O)c1ccccc1. The number of aryl methyl sites for hydroxylation is 1. The van der Waals surface area contributed by atoms with Crippen molar-refractivity contribution in [3.8, 4) is 5.75 Å². The molecule has 3 N–H and O–H groups in total. The molecule has 2 aromatic carbocycles. The first-order chi connectivity index (χ1) is 14.4. The predicted molar refractivity (Wildman–Crippen MR) is 109 cm³/mol. The maximum atomic E-state index is 12.0. The highest BCUT2D eigenvalue weighted by molar-refractivity contribution is 5.97. The molecule has 9 heteroatoms. The molecule has 0 unspecified atom stereocenters. The van der Waals surface area contributed by atoms with Gasteiger partial charge in [-0.2, -0.15) is 0 Å². The van der Waals surface area contributed by atoms with E-state index in [1.165, 1.54) is 7.11 Å². The molecule has 0 spiro atoms. The van der Waals surface area contributed by atoms with Crippen molar-refractivity contribution in [2.75, 3.05) is 32.1 Å². The van der Waals surface area contributed by atoms with Gasteiger partial charge in [0.1, 0.15) is 12.3 Å². The third-order valence-corrected chi connectivity index (χ3v) is 3.87. The Morgan fingerprint density at radius 2 is 1.63 bits per heavy atom. The molecule has 9 nitrogen and oxygen atoms in total. The fourth-order valence-electron chi connectivity index (χ4n) is 2.38. The van der Waals surface area contributed by atoms with Gasteiger partial charge >= 0.3 is 5.97 Å². The van der Waals surface area contributed by atoms with Crippen molar-refractivity contribution in [2.45, 2.75) is 6.92 Å². The molecule has 0 aromatic heterocycles. The number of benzene rings is 2. The van der Waals surface area contributed by atoms with Crippen LogP contribution in [-0.2, 0) is 19.1 Å². The van der Waals surface area contributed by atoms with Gasteiger partial charge in [0.05, 0.1) is 19.3 Å². The standard InChI is InChI=1S/C21H23N3O6/c1-14-8-9-17(29-2)16(10-14)24-18(25)11-22-19(26)13-30-20(27)12-23-21(28)15-6-4-3-5-7-15/h3-10H,11-13H2,1-2H3,(H,22,26)(H,23,28)(H,24,25). The summed E-state index contributed by atoms with van der Waals surface area (Å²) >= 11 is 0. The van der Waals surface area contributed by atoms with E-state index in [9.17, 15) is 19.2 Å². The van der Waals surface area contributed by atoms with Gasteiger partial charge in [-0.25, -0.2) is 0 Å². The van der Waals surface area contributed by atoms with Gasteiger partial charge in [-0.1, -0.05) is 24.3 Å². The maximum absolute atomic E-state index is 12.0. The number of anilines is 1. The first-order valence-electron chi connectivity index (χ1n) is 9.09. The van der Waals surface area contributed by atoms with Crippen molar-refractivity contribution in [2.24, 2.45) is 0 Å². The van der Waals surface area contributed by atoms with Crippen LogP contribution in [0.15, 0.2) is 48.5 Å². The van der Waals surface area contributed by atoms with E-state index in [2.05, 4.69) is 16.0 Å². The Bertz CT molecular complexity index is 914. The third-order valence-electron chi connectivity index (χ3n) is 3.87. The average molecular weight is 413 g/mol. The normalized spacial score (nSPS) is 9.93. The quantitative estimate of drug-likeness (QED) is 0.528. The lowest BCUT2D eigenvalue weighted by Crippen LogP contribution is -2.37. The van der Waals surface area contributed by atoms with Gasteiger partial charge in [0.25, 0.3) is 11.8 Å². The zero-order valence-corrected chi connectivity index (χ0v) is 16.7. The van der Waals surface area contributed by atoms with E-state index >= 15 is 0 Å². The number of carbonyl (C=O) groups excluding carboxylic acids is 4. The van der Waals surface area contributed by atoms with Crippen LogP contribution in [0.3, 0.4) is 0 Å². The molecule has 3 amide bonds. The molecule has 0 saturated heterocycles. The molecule has 0 bridgehead atoms. The summed E-state index contributed by atoms with van der Waals surface area (Å²) in [6, 6.07) is 13.7. The summed E-state index contributed by atoms with van der Waals surface area (Å²) in [5, 5.41) is 7.38. The highest BCUT2D eigenvalue weighted by Gasteiger charge is 2.12. The van der Waals surface area contributed by atoms with Crippen LogP contribution < -0.4 is 20.7 Å². The largest absolute Gasteiger partial charge is 0.495 e. The number of hydrogen-bond donors (Lipinski definition) is 3. The molecule has 2 rings (SSSR count). The fourth-order valence-corrected chi connectivity index (χ4v) is 2.38. The number of methoxy groups -OCH3 is 1. The summed E-state index contributed by atoms with van der Waals surface area (Å²) in [5.74, 6) is -1.83. The molecule has 0 aliphatic rings. The zero-order valence-electron chi connectivity index (χ0n) is 16.7. The van der Waals surface area contributed by atoms with Crippen molar-refractivity contribution in [1.29, 1.82) is 0 Å². The molecule has 30 heavy (non-hydrogen) atoms. The Morgan fingerprint density at radius 1 is 0.900 bits per heavy atom. The van der Waals surface area contributed by atoms with Gasteiger partial charge in [0.15, 0.2) is 6.61 Å². The molecule has 0 aliphatic carbocycles. The lowest BCUT2D eigenvalue weighted by molar-refractivity contribution is -0.147. The second-order valence-corrected chi connectivity index (χ2v) is 6.24. The molecule has 0 saturated carbocycles. The van der Waals surface area contributed by atoms with Crippen LogP contribution in [0.25, 0.3) is 0 Å². The minimum atomic E-state index is -0.775. The minimum absolute atomic E-state index is 0.307. The van der Waals surface area contributed by atoms with E-state index in [1.54, 1.807) is 42.5 Å². The maximum Gasteiger partial charge on any atom is 0.325 e. The number of esters is 1. The highest BCUT2D eigenvalue weighted by Crippen LogP contribution is 2.24. The summed E-state index contributed by atoms with van der Waals surface area (Å²) in [7, 11) is 1.48. The van der Waals surface area contributed by atoms with Crippen LogP contribution in [0.5, 0.6) is 5.75 Å². The van der Waals surface area contributed by atoms with E-state index in [-0.39, 0.29) is 13.1 Å². The van der Waals surface area contributed by atoms with Gasteiger partial charge in [-0.05, 0) is 36.8 Å². The van der Waals surface area contributed by atoms with Crippen LogP contribution in [0.1, 0.15) is 15.9 Å². The number of ether oxygens (including phenoxy) is 2. The second kappa shape index (κ2) is 11.2. The third kappa shape index (κ3) is 7.27. The van der Waals surface area contributed by atoms with Crippen LogP contribution >= 0.6 is 0 Å². The van der Waals surface area contributed by atoms with Crippen LogP contribution in [0.2, 0.25) is 0 Å². The summed E-state index contributed by atoms with van der Waals surface area (Å²) in [5.41, 5.74) is 1.82. The van der Waals surface area contributed by atoms with Crippen molar-refractivity contribution in [3.63, 3.8) is 0 Å². The van der Waals surface area contributed by atoms with Crippen molar-refractivity contribution in [1.82, 2.24) is 10.6 Å². The van der Waals surface area contributed by atoms with E-state index in [4.69, 9.17) is 9.47 Å². The van der Waals surface area contributed by atoms with Crippen LogP contribution in [-0.4, -0.2) is 50.5 Å². The van der Waals surface area contributed by atoms with E-state index in [0.717, 1.165) is 5.56 Å². The fraction of sp³-hybridized carbons (Fsp3) is 0.238. The smallest absolute Gasteiger partial charge is 0.325 e. The van der Waals surface area contributed by atoms with E-state index < -0.39 is 30.3 Å². The number of carbonyl (C=O) groups is 4. The minimum Gasteiger partial charge on any atom is -0.495 e. The zero-order chi connectivity index (χ0) is 21.9. The Morgan fingerprint density at radius 3 is 2.33 bits per heavy atom. The summed E-state index contributed by atoms with van der Waals surface area (Å²) in [6.07, 6.45) is 0. The van der Waals surface area contributed by atoms with Gasteiger partial charge in [0, 0.05) is 5.56 Å².